The molecule has 0 spiro atoms. The first kappa shape index (κ1) is 6.40. The maximum absolute atomic E-state index is 5.40. The minimum Gasteiger partial charge on any atom is -0.445 e. The smallest absolute Gasteiger partial charge is 0.197 e. The zero-order chi connectivity index (χ0) is 6.97. The highest BCUT2D eigenvalue weighted by Crippen LogP contribution is 2.39. The van der Waals surface area contributed by atoms with Crippen molar-refractivity contribution in [1.29, 1.82) is 0 Å². The van der Waals surface area contributed by atoms with Crippen molar-refractivity contribution in [2.75, 3.05) is 0 Å². The number of hydrogen-bond acceptors (Lipinski definition) is 2. The maximum Gasteiger partial charge on any atom is 0.197 e. The molecule has 0 unspecified atom stereocenters. The van der Waals surface area contributed by atoms with E-state index in [0.717, 1.165) is 17.0 Å². The van der Waals surface area contributed by atoms with Gasteiger partial charge in [0.05, 0.1) is 11.5 Å². The van der Waals surface area contributed by atoms with E-state index in [1.54, 1.807) is 6.20 Å². The average Bonchev–Trinajstić information content (AvgIpc) is 2.70. The van der Waals surface area contributed by atoms with E-state index >= 15 is 0 Å². The van der Waals surface area contributed by atoms with Gasteiger partial charge in [0.2, 0.25) is 0 Å². The average molecular weight is 202 g/mol. The highest BCUT2D eigenvalue weighted by molar-refractivity contribution is 9.08. The first-order valence-electron chi connectivity index (χ1n) is 3.40. The van der Waals surface area contributed by atoms with Crippen LogP contribution in [0.15, 0.2) is 10.6 Å². The van der Waals surface area contributed by atoms with Gasteiger partial charge >= 0.3 is 0 Å². The molecular formula is C7H8BrNO. The second kappa shape index (κ2) is 2.38. The number of rotatable bonds is 2. The summed E-state index contributed by atoms with van der Waals surface area (Å²) in [5.74, 6) is 2.49. The van der Waals surface area contributed by atoms with Crippen LogP contribution in [-0.4, -0.2) is 4.98 Å². The van der Waals surface area contributed by atoms with Gasteiger partial charge < -0.3 is 4.42 Å². The molecule has 1 fully saturated rings. The van der Waals surface area contributed by atoms with Gasteiger partial charge in [0.25, 0.3) is 0 Å². The van der Waals surface area contributed by atoms with Gasteiger partial charge in [-0.2, -0.15) is 0 Å². The highest BCUT2D eigenvalue weighted by Gasteiger charge is 2.28. The van der Waals surface area contributed by atoms with Gasteiger partial charge in [0, 0.05) is 5.92 Å². The molecule has 3 heteroatoms. The zero-order valence-corrected chi connectivity index (χ0v) is 7.10. The fourth-order valence-electron chi connectivity index (χ4n) is 0.903. The fourth-order valence-corrected chi connectivity index (χ4v) is 1.16. The Balaban J connectivity index is 2.19. The van der Waals surface area contributed by atoms with Crippen LogP contribution in [0.4, 0.5) is 0 Å². The van der Waals surface area contributed by atoms with E-state index in [9.17, 15) is 0 Å². The molecule has 1 aliphatic rings. The summed E-state index contributed by atoms with van der Waals surface area (Å²) in [5.41, 5.74) is 0. The van der Waals surface area contributed by atoms with Gasteiger partial charge in [-0.1, -0.05) is 15.9 Å². The monoisotopic (exact) mass is 201 g/mol. The molecule has 2 nitrogen and oxygen atoms in total. The molecule has 0 N–H and O–H groups in total. The predicted molar refractivity (Wildman–Crippen MR) is 41.1 cm³/mol. The van der Waals surface area contributed by atoms with Gasteiger partial charge in [-0.25, -0.2) is 4.98 Å². The van der Waals surface area contributed by atoms with Gasteiger partial charge in [0.1, 0.15) is 5.76 Å². The van der Waals surface area contributed by atoms with Crippen LogP contribution < -0.4 is 0 Å². The van der Waals surface area contributed by atoms with E-state index in [-0.39, 0.29) is 0 Å². The van der Waals surface area contributed by atoms with Crippen molar-refractivity contribution >= 4 is 15.9 Å². The minimum atomic E-state index is 0.632. The van der Waals surface area contributed by atoms with Crippen molar-refractivity contribution in [2.24, 2.45) is 0 Å². The number of hydrogen-bond donors (Lipinski definition) is 0. The minimum absolute atomic E-state index is 0.632. The van der Waals surface area contributed by atoms with Crippen molar-refractivity contribution in [3.05, 3.63) is 17.8 Å². The Morgan fingerprint density at radius 3 is 3.00 bits per heavy atom. The summed E-state index contributed by atoms with van der Waals surface area (Å²) in [6, 6.07) is 0. The molecule has 0 aromatic carbocycles. The first-order valence-corrected chi connectivity index (χ1v) is 4.53. The summed E-state index contributed by atoms with van der Waals surface area (Å²) in [6.45, 7) is 0. The normalized spacial score (nSPS) is 17.7. The van der Waals surface area contributed by atoms with Gasteiger partial charge in [-0.05, 0) is 12.8 Å². The third-order valence-corrected chi connectivity index (χ3v) is 2.18. The van der Waals surface area contributed by atoms with Crippen LogP contribution in [0.25, 0.3) is 0 Å². The molecule has 54 valence electrons. The van der Waals surface area contributed by atoms with Crippen LogP contribution in [-0.2, 0) is 5.33 Å². The quantitative estimate of drug-likeness (QED) is 0.688. The van der Waals surface area contributed by atoms with Crippen LogP contribution in [0.1, 0.15) is 30.4 Å². The fraction of sp³-hybridized carbons (Fsp3) is 0.571. The molecule has 0 saturated heterocycles. The van der Waals surface area contributed by atoms with Crippen molar-refractivity contribution in [2.45, 2.75) is 24.1 Å². The van der Waals surface area contributed by atoms with E-state index in [0.29, 0.717) is 5.92 Å². The molecule has 0 bridgehead atoms. The molecule has 0 radical (unpaired) electrons. The molecule has 2 rings (SSSR count). The zero-order valence-electron chi connectivity index (χ0n) is 5.51. The van der Waals surface area contributed by atoms with E-state index in [4.69, 9.17) is 4.42 Å². The van der Waals surface area contributed by atoms with Gasteiger partial charge in [-0.3, -0.25) is 0 Å². The summed E-state index contributed by atoms with van der Waals surface area (Å²) < 4.78 is 5.40. The van der Waals surface area contributed by atoms with Crippen LogP contribution in [0.2, 0.25) is 0 Å². The lowest BCUT2D eigenvalue weighted by molar-refractivity contribution is 0.471. The number of alkyl halides is 1. The lowest BCUT2D eigenvalue weighted by Gasteiger charge is -1.85. The Kier molecular flexibility index (Phi) is 1.52. The summed E-state index contributed by atoms with van der Waals surface area (Å²) in [7, 11) is 0. The van der Waals surface area contributed by atoms with E-state index in [1.807, 2.05) is 0 Å². The van der Waals surface area contributed by atoms with E-state index < -0.39 is 0 Å². The lowest BCUT2D eigenvalue weighted by atomic mass is 10.4. The summed E-state index contributed by atoms with van der Waals surface area (Å²) in [6.07, 6.45) is 4.30. The largest absolute Gasteiger partial charge is 0.445 e. The molecule has 0 amide bonds. The molecule has 10 heavy (non-hydrogen) atoms. The Morgan fingerprint density at radius 1 is 1.70 bits per heavy atom. The Bertz CT molecular complexity index is 229. The molecule has 1 aromatic rings. The molecule has 0 atom stereocenters. The second-order valence-corrected chi connectivity index (χ2v) is 3.13. The Labute approximate surface area is 67.8 Å². The summed E-state index contributed by atoms with van der Waals surface area (Å²) in [5, 5.41) is 0.771. The number of oxazole rings is 1. The molecule has 1 saturated carbocycles. The number of aromatic nitrogens is 1. The molecular weight excluding hydrogens is 194 g/mol. The Hall–Kier alpha value is -0.310. The summed E-state index contributed by atoms with van der Waals surface area (Å²) in [4.78, 5) is 4.15. The number of nitrogens with zero attached hydrogens (tertiary/aromatic N) is 1. The van der Waals surface area contributed by atoms with Crippen molar-refractivity contribution in [3.63, 3.8) is 0 Å². The highest BCUT2D eigenvalue weighted by atomic mass is 79.9. The van der Waals surface area contributed by atoms with Gasteiger partial charge in [0.15, 0.2) is 5.89 Å². The van der Waals surface area contributed by atoms with Crippen LogP contribution in [0, 0.1) is 0 Å². The lowest BCUT2D eigenvalue weighted by Crippen LogP contribution is -1.73. The van der Waals surface area contributed by atoms with E-state index in [2.05, 4.69) is 20.9 Å². The molecule has 1 aliphatic carbocycles. The first-order chi connectivity index (χ1) is 4.90. The predicted octanol–water partition coefficient (Wildman–Crippen LogP) is 2.45. The van der Waals surface area contributed by atoms with Crippen LogP contribution in [0.5, 0.6) is 0 Å². The van der Waals surface area contributed by atoms with Gasteiger partial charge in [-0.15, -0.1) is 0 Å². The third kappa shape index (κ3) is 1.10. The molecule has 1 aromatic heterocycles. The van der Waals surface area contributed by atoms with Crippen molar-refractivity contribution in [1.82, 2.24) is 4.98 Å². The van der Waals surface area contributed by atoms with E-state index in [1.165, 1.54) is 12.8 Å². The summed E-state index contributed by atoms with van der Waals surface area (Å²) >= 11 is 3.31. The second-order valence-electron chi connectivity index (χ2n) is 2.57. The standard InChI is InChI=1S/C7H8BrNO/c8-3-6-4-9-7(10-6)5-1-2-5/h4-5H,1-3H2. The van der Waals surface area contributed by atoms with Crippen LogP contribution in [0.3, 0.4) is 0 Å². The topological polar surface area (TPSA) is 26.0 Å². The van der Waals surface area contributed by atoms with Crippen LogP contribution >= 0.6 is 15.9 Å². The van der Waals surface area contributed by atoms with Crippen molar-refractivity contribution in [3.8, 4) is 0 Å². The number of halogens is 1. The molecule has 1 heterocycles. The Morgan fingerprint density at radius 2 is 2.50 bits per heavy atom. The third-order valence-electron chi connectivity index (χ3n) is 1.63. The maximum atomic E-state index is 5.40. The SMILES string of the molecule is BrCc1cnc(C2CC2)o1. The molecule has 0 aliphatic heterocycles. The van der Waals surface area contributed by atoms with Crippen molar-refractivity contribution < 1.29 is 4.42 Å².